The number of amides is 1. The quantitative estimate of drug-likeness (QED) is 0.315. The van der Waals surface area contributed by atoms with Gasteiger partial charge < -0.3 is 0 Å². The van der Waals surface area contributed by atoms with E-state index in [0.717, 1.165) is 20.0 Å². The molecule has 1 N–H and O–H groups in total. The standard InChI is InChI=1S/C18H15ClN4OS3/c19-15-8-6-13(7-9-15)10-20-21-16(24)12-26-18-23-22-17(27-18)25-11-14-4-2-1-3-5-14/h1-10H,11-12H2,(H,21,24)/b20-10+. The molecule has 5 nitrogen and oxygen atoms in total. The van der Waals surface area contributed by atoms with Gasteiger partial charge in [0.15, 0.2) is 8.68 Å². The molecule has 0 atom stereocenters. The first-order valence-electron chi connectivity index (χ1n) is 7.89. The van der Waals surface area contributed by atoms with Gasteiger partial charge in [-0.3, -0.25) is 4.79 Å². The maximum atomic E-state index is 11.9. The predicted octanol–water partition coefficient (Wildman–Crippen LogP) is 4.73. The SMILES string of the molecule is O=C(CSc1nnc(SCc2ccccc2)s1)N/N=C/c1ccc(Cl)cc1. The molecule has 0 bridgehead atoms. The van der Waals surface area contributed by atoms with Crippen molar-refractivity contribution in [2.75, 3.05) is 5.75 Å². The Hall–Kier alpha value is -1.87. The van der Waals surface area contributed by atoms with Crippen LogP contribution in [0.5, 0.6) is 0 Å². The third kappa shape index (κ3) is 6.99. The molecule has 0 aliphatic carbocycles. The first-order valence-corrected chi connectivity index (χ1v) is 11.1. The van der Waals surface area contributed by atoms with Crippen LogP contribution in [0.1, 0.15) is 11.1 Å². The van der Waals surface area contributed by atoms with Crippen LogP contribution in [0.15, 0.2) is 68.4 Å². The van der Waals surface area contributed by atoms with Crippen molar-refractivity contribution in [1.82, 2.24) is 15.6 Å². The van der Waals surface area contributed by atoms with Crippen molar-refractivity contribution in [3.63, 3.8) is 0 Å². The molecule has 0 radical (unpaired) electrons. The molecular formula is C18H15ClN4OS3. The summed E-state index contributed by atoms with van der Waals surface area (Å²) in [7, 11) is 0. The number of halogens is 1. The summed E-state index contributed by atoms with van der Waals surface area (Å²) in [6.07, 6.45) is 1.57. The molecule has 0 unspecified atom stereocenters. The molecule has 138 valence electrons. The third-order valence-corrected chi connectivity index (χ3v) is 6.71. The number of hydrogen-bond acceptors (Lipinski definition) is 7. The highest BCUT2D eigenvalue weighted by Crippen LogP contribution is 2.30. The number of aromatic nitrogens is 2. The predicted molar refractivity (Wildman–Crippen MR) is 114 cm³/mol. The van der Waals surface area contributed by atoms with E-state index in [-0.39, 0.29) is 11.7 Å². The molecule has 0 saturated heterocycles. The van der Waals surface area contributed by atoms with E-state index in [1.165, 1.54) is 28.7 Å². The summed E-state index contributed by atoms with van der Waals surface area (Å²) in [4.78, 5) is 11.9. The number of thioether (sulfide) groups is 2. The minimum absolute atomic E-state index is 0.195. The molecule has 0 aliphatic heterocycles. The Morgan fingerprint density at radius 2 is 1.78 bits per heavy atom. The monoisotopic (exact) mass is 434 g/mol. The number of benzene rings is 2. The topological polar surface area (TPSA) is 67.2 Å². The smallest absolute Gasteiger partial charge is 0.250 e. The number of hydrazone groups is 1. The highest BCUT2D eigenvalue weighted by Gasteiger charge is 2.08. The number of rotatable bonds is 8. The van der Waals surface area contributed by atoms with Crippen LogP contribution in [0.4, 0.5) is 0 Å². The fourth-order valence-corrected chi connectivity index (χ4v) is 4.81. The number of hydrogen-bond donors (Lipinski definition) is 1. The van der Waals surface area contributed by atoms with Crippen molar-refractivity contribution < 1.29 is 4.79 Å². The van der Waals surface area contributed by atoms with Crippen LogP contribution >= 0.6 is 46.5 Å². The van der Waals surface area contributed by atoms with Crippen LogP contribution in [0.25, 0.3) is 0 Å². The Bertz CT molecular complexity index is 900. The normalized spacial score (nSPS) is 11.0. The summed E-state index contributed by atoms with van der Waals surface area (Å²) in [5.41, 5.74) is 4.60. The minimum Gasteiger partial charge on any atom is -0.272 e. The summed E-state index contributed by atoms with van der Waals surface area (Å²) in [6.45, 7) is 0. The molecule has 2 aromatic carbocycles. The summed E-state index contributed by atoms with van der Waals surface area (Å²) in [6, 6.07) is 17.4. The summed E-state index contributed by atoms with van der Waals surface area (Å²) in [5.74, 6) is 0.884. The van der Waals surface area contributed by atoms with Crippen molar-refractivity contribution >= 4 is 58.6 Å². The van der Waals surface area contributed by atoms with Crippen molar-refractivity contribution in [2.24, 2.45) is 5.10 Å². The molecule has 3 rings (SSSR count). The van der Waals surface area contributed by atoms with Gasteiger partial charge in [-0.1, -0.05) is 88.9 Å². The van der Waals surface area contributed by atoms with Crippen LogP contribution in [0.2, 0.25) is 5.02 Å². The van der Waals surface area contributed by atoms with Gasteiger partial charge in [0.1, 0.15) is 0 Å². The molecule has 27 heavy (non-hydrogen) atoms. The van der Waals surface area contributed by atoms with Gasteiger partial charge in [-0.25, -0.2) is 5.43 Å². The van der Waals surface area contributed by atoms with Crippen molar-refractivity contribution in [2.45, 2.75) is 14.4 Å². The minimum atomic E-state index is -0.195. The number of carbonyl (C=O) groups is 1. The number of carbonyl (C=O) groups excluding carboxylic acids is 1. The Morgan fingerprint density at radius 3 is 2.52 bits per heavy atom. The molecule has 0 aliphatic rings. The number of nitrogens with one attached hydrogen (secondary N) is 1. The average Bonchev–Trinajstić information content (AvgIpc) is 3.15. The fourth-order valence-electron chi connectivity index (χ4n) is 1.92. The Morgan fingerprint density at radius 1 is 1.07 bits per heavy atom. The molecule has 1 heterocycles. The second-order valence-electron chi connectivity index (χ2n) is 5.24. The zero-order valence-electron chi connectivity index (χ0n) is 14.0. The highest BCUT2D eigenvalue weighted by molar-refractivity contribution is 8.03. The lowest BCUT2D eigenvalue weighted by Gasteiger charge is -1.98. The second-order valence-corrected chi connectivity index (χ2v) is 9.10. The van der Waals surface area contributed by atoms with Crippen LogP contribution in [0.3, 0.4) is 0 Å². The Balaban J connectivity index is 1.40. The van der Waals surface area contributed by atoms with Crippen LogP contribution in [0, 0.1) is 0 Å². The van der Waals surface area contributed by atoms with Gasteiger partial charge in [0.25, 0.3) is 5.91 Å². The van der Waals surface area contributed by atoms with Crippen LogP contribution < -0.4 is 5.43 Å². The van der Waals surface area contributed by atoms with Gasteiger partial charge in [0.05, 0.1) is 12.0 Å². The van der Waals surface area contributed by atoms with Gasteiger partial charge in [-0.05, 0) is 23.3 Å². The Labute approximate surface area is 174 Å². The van der Waals surface area contributed by atoms with E-state index in [9.17, 15) is 4.79 Å². The molecule has 0 spiro atoms. The molecule has 0 fully saturated rings. The van der Waals surface area contributed by atoms with Gasteiger partial charge in [-0.15, -0.1) is 10.2 Å². The van der Waals surface area contributed by atoms with Crippen LogP contribution in [-0.2, 0) is 10.5 Å². The van der Waals surface area contributed by atoms with Crippen LogP contribution in [-0.4, -0.2) is 28.1 Å². The van der Waals surface area contributed by atoms with Crippen molar-refractivity contribution in [3.05, 3.63) is 70.7 Å². The third-order valence-electron chi connectivity index (χ3n) is 3.19. The van der Waals surface area contributed by atoms with E-state index in [4.69, 9.17) is 11.6 Å². The summed E-state index contributed by atoms with van der Waals surface area (Å²) in [5, 5.41) is 12.9. The highest BCUT2D eigenvalue weighted by atomic mass is 35.5. The van der Waals surface area contributed by atoms with Crippen molar-refractivity contribution in [1.29, 1.82) is 0 Å². The van der Waals surface area contributed by atoms with Crippen molar-refractivity contribution in [3.8, 4) is 0 Å². The molecule has 3 aromatic rings. The fraction of sp³-hybridized carbons (Fsp3) is 0.111. The molecule has 9 heteroatoms. The lowest BCUT2D eigenvalue weighted by molar-refractivity contribution is -0.118. The Kier molecular flexibility index (Phi) is 7.70. The largest absolute Gasteiger partial charge is 0.272 e. The van der Waals surface area contributed by atoms with E-state index in [1.54, 1.807) is 30.1 Å². The average molecular weight is 435 g/mol. The van der Waals surface area contributed by atoms with Gasteiger partial charge in [0, 0.05) is 10.8 Å². The summed E-state index contributed by atoms with van der Waals surface area (Å²) >= 11 is 10.3. The van der Waals surface area contributed by atoms with Gasteiger partial charge >= 0.3 is 0 Å². The van der Waals surface area contributed by atoms with E-state index in [1.807, 2.05) is 30.3 Å². The lowest BCUT2D eigenvalue weighted by atomic mass is 10.2. The van der Waals surface area contributed by atoms with Gasteiger partial charge in [0.2, 0.25) is 0 Å². The van der Waals surface area contributed by atoms with E-state index < -0.39 is 0 Å². The van der Waals surface area contributed by atoms with Gasteiger partial charge in [-0.2, -0.15) is 5.10 Å². The van der Waals surface area contributed by atoms with E-state index >= 15 is 0 Å². The maximum Gasteiger partial charge on any atom is 0.250 e. The second kappa shape index (κ2) is 10.5. The first-order chi connectivity index (χ1) is 13.2. The summed E-state index contributed by atoms with van der Waals surface area (Å²) < 4.78 is 1.66. The zero-order valence-corrected chi connectivity index (χ0v) is 17.2. The lowest BCUT2D eigenvalue weighted by Crippen LogP contribution is -2.19. The molecule has 0 saturated carbocycles. The van der Waals surface area contributed by atoms with E-state index in [2.05, 4.69) is 32.9 Å². The maximum absolute atomic E-state index is 11.9. The zero-order chi connectivity index (χ0) is 18.9. The molecular weight excluding hydrogens is 420 g/mol. The molecule has 1 aromatic heterocycles. The number of nitrogens with zero attached hydrogens (tertiary/aromatic N) is 3. The van der Waals surface area contributed by atoms with E-state index in [0.29, 0.717) is 5.02 Å². The first kappa shape index (κ1) is 19.9. The molecule has 1 amide bonds.